The fraction of sp³-hybridized carbons (Fsp3) is 0.957. The van der Waals surface area contributed by atoms with Gasteiger partial charge in [0.15, 0.2) is 0 Å². The molecule has 1 aliphatic heterocycles. The minimum absolute atomic E-state index is 0.833. The maximum Gasteiger partial charge on any atom is 0.300 e. The molecule has 1 aliphatic rings. The number of rotatable bonds is 15. The lowest BCUT2D eigenvalue weighted by Crippen LogP contribution is -2.21. The molecule has 0 aromatic heterocycles. The van der Waals surface area contributed by atoms with Gasteiger partial charge in [-0.3, -0.25) is 4.79 Å². The van der Waals surface area contributed by atoms with E-state index in [1.165, 1.54) is 116 Å². The molecule has 1 fully saturated rings. The van der Waals surface area contributed by atoms with Crippen molar-refractivity contribution < 1.29 is 9.90 Å². The topological polar surface area (TPSA) is 40.5 Å². The molecular weight excluding hydrogens is 322 g/mol. The van der Waals surface area contributed by atoms with Crippen LogP contribution < -0.4 is 0 Å². The third-order valence-corrected chi connectivity index (χ3v) is 5.34. The molecule has 0 amide bonds. The number of hydrogen-bond acceptors (Lipinski definition) is 2. The van der Waals surface area contributed by atoms with Crippen LogP contribution in [0.15, 0.2) is 0 Å². The standard InChI is InChI=1S/C21H43N.C2H4O2/c1-3-4-5-6-7-8-9-10-11-12-13-14-15-16-18-22-19-17-21(2)20-22;1-2(3)4/h21H,3-20H2,1-2H3;1H3,(H,3,4). The zero-order valence-electron chi connectivity index (χ0n) is 18.1. The molecule has 0 radical (unpaired) electrons. The van der Waals surface area contributed by atoms with Gasteiger partial charge in [0, 0.05) is 13.5 Å². The van der Waals surface area contributed by atoms with Gasteiger partial charge >= 0.3 is 0 Å². The van der Waals surface area contributed by atoms with E-state index in [1.54, 1.807) is 0 Å². The summed E-state index contributed by atoms with van der Waals surface area (Å²) < 4.78 is 0. The van der Waals surface area contributed by atoms with Crippen LogP contribution in [0.25, 0.3) is 0 Å². The zero-order valence-corrected chi connectivity index (χ0v) is 18.1. The number of likely N-dealkylation sites (tertiary alicyclic amines) is 1. The fourth-order valence-electron chi connectivity index (χ4n) is 3.76. The quantitative estimate of drug-likeness (QED) is 0.319. The first-order valence-corrected chi connectivity index (χ1v) is 11.5. The summed E-state index contributed by atoms with van der Waals surface area (Å²) in [4.78, 5) is 11.7. The summed E-state index contributed by atoms with van der Waals surface area (Å²) in [5.74, 6) is 0.117. The Morgan fingerprint density at radius 3 is 1.58 bits per heavy atom. The monoisotopic (exact) mass is 369 g/mol. The molecule has 1 atom stereocenters. The van der Waals surface area contributed by atoms with Crippen molar-refractivity contribution in [2.75, 3.05) is 19.6 Å². The van der Waals surface area contributed by atoms with E-state index in [0.29, 0.717) is 0 Å². The largest absolute Gasteiger partial charge is 0.481 e. The lowest BCUT2D eigenvalue weighted by molar-refractivity contribution is -0.134. The number of unbranched alkanes of at least 4 members (excludes halogenated alkanes) is 13. The summed E-state index contributed by atoms with van der Waals surface area (Å²) in [6.45, 7) is 9.86. The lowest BCUT2D eigenvalue weighted by Gasteiger charge is -2.14. The van der Waals surface area contributed by atoms with Gasteiger partial charge in [-0.05, 0) is 31.8 Å². The maximum absolute atomic E-state index is 9.00. The predicted molar refractivity (Wildman–Crippen MR) is 114 cm³/mol. The highest BCUT2D eigenvalue weighted by atomic mass is 16.4. The molecule has 0 aliphatic carbocycles. The van der Waals surface area contributed by atoms with Gasteiger partial charge in [0.25, 0.3) is 5.97 Å². The van der Waals surface area contributed by atoms with Gasteiger partial charge in [-0.15, -0.1) is 0 Å². The molecule has 26 heavy (non-hydrogen) atoms. The minimum Gasteiger partial charge on any atom is -0.481 e. The van der Waals surface area contributed by atoms with Gasteiger partial charge in [0.1, 0.15) is 0 Å². The van der Waals surface area contributed by atoms with E-state index in [2.05, 4.69) is 18.7 Å². The number of hydrogen-bond donors (Lipinski definition) is 1. The normalized spacial score (nSPS) is 17.1. The average Bonchev–Trinajstić information content (AvgIpc) is 3.00. The fourth-order valence-corrected chi connectivity index (χ4v) is 3.76. The Labute approximate surface area is 163 Å². The third kappa shape index (κ3) is 19.8. The molecule has 0 aromatic carbocycles. The molecule has 1 unspecified atom stereocenters. The Morgan fingerprint density at radius 2 is 1.23 bits per heavy atom. The van der Waals surface area contributed by atoms with Crippen LogP contribution in [0, 0.1) is 5.92 Å². The van der Waals surface area contributed by atoms with Crippen molar-refractivity contribution >= 4 is 5.97 Å². The van der Waals surface area contributed by atoms with Gasteiger partial charge < -0.3 is 10.0 Å². The van der Waals surface area contributed by atoms with Crippen molar-refractivity contribution in [1.29, 1.82) is 0 Å². The highest BCUT2D eigenvalue weighted by Crippen LogP contribution is 2.16. The van der Waals surface area contributed by atoms with Crippen LogP contribution >= 0.6 is 0 Å². The van der Waals surface area contributed by atoms with E-state index in [9.17, 15) is 0 Å². The summed E-state index contributed by atoms with van der Waals surface area (Å²) in [6, 6.07) is 0. The molecule has 0 spiro atoms. The van der Waals surface area contributed by atoms with Crippen LogP contribution in [-0.4, -0.2) is 35.6 Å². The average molecular weight is 370 g/mol. The highest BCUT2D eigenvalue weighted by molar-refractivity contribution is 5.62. The molecule has 1 heterocycles. The van der Waals surface area contributed by atoms with Crippen LogP contribution in [0.4, 0.5) is 0 Å². The van der Waals surface area contributed by atoms with Crippen LogP contribution in [0.1, 0.15) is 117 Å². The lowest BCUT2D eigenvalue weighted by atomic mass is 10.0. The molecule has 0 saturated carbocycles. The third-order valence-electron chi connectivity index (χ3n) is 5.34. The molecular formula is C23H47NO2. The Balaban J connectivity index is 0.00000141. The zero-order chi connectivity index (χ0) is 19.5. The van der Waals surface area contributed by atoms with E-state index >= 15 is 0 Å². The van der Waals surface area contributed by atoms with Crippen LogP contribution in [0.5, 0.6) is 0 Å². The van der Waals surface area contributed by atoms with Crippen molar-refractivity contribution in [3.8, 4) is 0 Å². The molecule has 156 valence electrons. The minimum atomic E-state index is -0.833. The van der Waals surface area contributed by atoms with Gasteiger partial charge in [-0.25, -0.2) is 0 Å². The Kier molecular flexibility index (Phi) is 18.8. The smallest absolute Gasteiger partial charge is 0.300 e. The first-order valence-electron chi connectivity index (χ1n) is 11.5. The van der Waals surface area contributed by atoms with Crippen molar-refractivity contribution in [3.63, 3.8) is 0 Å². The summed E-state index contributed by atoms with van der Waals surface area (Å²) in [7, 11) is 0. The Hall–Kier alpha value is -0.570. The molecule has 0 aromatic rings. The van der Waals surface area contributed by atoms with Crippen molar-refractivity contribution in [2.45, 2.75) is 117 Å². The van der Waals surface area contributed by atoms with E-state index in [0.717, 1.165) is 12.8 Å². The van der Waals surface area contributed by atoms with Gasteiger partial charge in [0.2, 0.25) is 0 Å². The van der Waals surface area contributed by atoms with Crippen molar-refractivity contribution in [3.05, 3.63) is 0 Å². The number of carboxylic acids is 1. The van der Waals surface area contributed by atoms with E-state index in [1.807, 2.05) is 0 Å². The maximum atomic E-state index is 9.00. The summed E-state index contributed by atoms with van der Waals surface area (Å²) in [5, 5.41) is 7.42. The first-order chi connectivity index (χ1) is 12.6. The van der Waals surface area contributed by atoms with Crippen LogP contribution in [-0.2, 0) is 4.79 Å². The highest BCUT2D eigenvalue weighted by Gasteiger charge is 2.17. The van der Waals surface area contributed by atoms with E-state index in [4.69, 9.17) is 9.90 Å². The van der Waals surface area contributed by atoms with Crippen LogP contribution in [0.2, 0.25) is 0 Å². The second-order valence-electron chi connectivity index (χ2n) is 8.31. The van der Waals surface area contributed by atoms with Gasteiger partial charge in [-0.2, -0.15) is 0 Å². The van der Waals surface area contributed by atoms with Crippen molar-refractivity contribution in [1.82, 2.24) is 4.90 Å². The molecule has 1 rings (SSSR count). The Morgan fingerprint density at radius 1 is 0.846 bits per heavy atom. The Bertz CT molecular complexity index is 303. The SMILES string of the molecule is CC(=O)O.CCCCCCCCCCCCCCCCN1CCC(C)C1. The summed E-state index contributed by atoms with van der Waals surface area (Å²) in [6.07, 6.45) is 21.9. The number of aliphatic carboxylic acids is 1. The number of carbonyl (C=O) groups is 1. The summed E-state index contributed by atoms with van der Waals surface area (Å²) in [5.41, 5.74) is 0. The second kappa shape index (κ2) is 19.2. The molecule has 3 heteroatoms. The molecule has 1 N–H and O–H groups in total. The van der Waals surface area contributed by atoms with Gasteiger partial charge in [-0.1, -0.05) is 97.3 Å². The number of carboxylic acid groups (broad SMARTS) is 1. The number of nitrogens with zero attached hydrogens (tertiary/aromatic N) is 1. The van der Waals surface area contributed by atoms with Gasteiger partial charge in [0.05, 0.1) is 0 Å². The molecule has 3 nitrogen and oxygen atoms in total. The molecule has 0 bridgehead atoms. The van der Waals surface area contributed by atoms with E-state index < -0.39 is 5.97 Å². The molecule has 1 saturated heterocycles. The van der Waals surface area contributed by atoms with E-state index in [-0.39, 0.29) is 0 Å². The van der Waals surface area contributed by atoms with Crippen molar-refractivity contribution in [2.24, 2.45) is 5.92 Å². The van der Waals surface area contributed by atoms with Crippen LogP contribution in [0.3, 0.4) is 0 Å². The summed E-state index contributed by atoms with van der Waals surface area (Å²) >= 11 is 0. The first kappa shape index (κ1) is 25.4. The predicted octanol–water partition coefficient (Wildman–Crippen LogP) is 6.90. The second-order valence-corrected chi connectivity index (χ2v) is 8.31.